The molecular formula is C16H15N3O2. The summed E-state index contributed by atoms with van der Waals surface area (Å²) in [6.45, 7) is 2.33. The molecule has 2 aromatic carbocycles. The van der Waals surface area contributed by atoms with Crippen molar-refractivity contribution in [2.24, 2.45) is 0 Å². The Bertz CT molecular complexity index is 702. The predicted octanol–water partition coefficient (Wildman–Crippen LogP) is 3.41. The van der Waals surface area contributed by atoms with E-state index >= 15 is 0 Å². The molecule has 21 heavy (non-hydrogen) atoms. The minimum atomic E-state index is -0.361. The van der Waals surface area contributed by atoms with Crippen LogP contribution in [0.5, 0.6) is 0 Å². The number of nitrogens with zero attached hydrogens (tertiary/aromatic N) is 3. The molecule has 0 unspecified atom stereocenters. The fraction of sp³-hybridized carbons (Fsp3) is 0.188. The highest BCUT2D eigenvalue weighted by Gasteiger charge is 2.14. The van der Waals surface area contributed by atoms with Gasteiger partial charge in [-0.15, -0.1) is 0 Å². The minimum Gasteiger partial charge on any atom is -0.370 e. The lowest BCUT2D eigenvalue weighted by Gasteiger charge is -2.20. The molecule has 0 heterocycles. The van der Waals surface area contributed by atoms with Crippen LogP contribution in [0.4, 0.5) is 11.4 Å². The van der Waals surface area contributed by atoms with Gasteiger partial charge >= 0.3 is 0 Å². The molecule has 2 aromatic rings. The van der Waals surface area contributed by atoms with Gasteiger partial charge in [0, 0.05) is 30.9 Å². The highest BCUT2D eigenvalue weighted by molar-refractivity contribution is 5.51. The summed E-state index contributed by atoms with van der Waals surface area (Å²) < 4.78 is 0. The lowest BCUT2D eigenvalue weighted by Crippen LogP contribution is -2.17. The molecule has 5 heteroatoms. The molecule has 0 aliphatic rings. The van der Waals surface area contributed by atoms with Gasteiger partial charge in [-0.05, 0) is 36.8 Å². The Kier molecular flexibility index (Phi) is 4.19. The Labute approximate surface area is 123 Å². The maximum atomic E-state index is 11.0. The molecule has 0 aliphatic heterocycles. The Morgan fingerprint density at radius 3 is 2.48 bits per heavy atom. The molecule has 106 valence electrons. The van der Waals surface area contributed by atoms with E-state index in [1.54, 1.807) is 25.1 Å². The van der Waals surface area contributed by atoms with Crippen LogP contribution >= 0.6 is 0 Å². The van der Waals surface area contributed by atoms with E-state index in [0.717, 1.165) is 11.3 Å². The molecule has 0 spiro atoms. The minimum absolute atomic E-state index is 0.140. The van der Waals surface area contributed by atoms with Crippen LogP contribution in [0.2, 0.25) is 0 Å². The molecule has 2 rings (SSSR count). The normalized spacial score (nSPS) is 9.95. The third-order valence-corrected chi connectivity index (χ3v) is 3.46. The third-order valence-electron chi connectivity index (χ3n) is 3.46. The predicted molar refractivity (Wildman–Crippen MR) is 81.1 cm³/mol. The van der Waals surface area contributed by atoms with E-state index in [1.807, 2.05) is 30.1 Å². The van der Waals surface area contributed by atoms with Gasteiger partial charge in [0.25, 0.3) is 5.69 Å². The highest BCUT2D eigenvalue weighted by atomic mass is 16.6. The van der Waals surface area contributed by atoms with E-state index in [0.29, 0.717) is 17.7 Å². The quantitative estimate of drug-likeness (QED) is 0.636. The van der Waals surface area contributed by atoms with Crippen molar-refractivity contribution in [2.75, 3.05) is 11.9 Å². The average molecular weight is 281 g/mol. The fourth-order valence-electron chi connectivity index (χ4n) is 2.18. The van der Waals surface area contributed by atoms with Crippen LogP contribution in [0.15, 0.2) is 42.5 Å². The van der Waals surface area contributed by atoms with Gasteiger partial charge in [-0.3, -0.25) is 10.1 Å². The number of rotatable bonds is 4. The number of nitriles is 1. The van der Waals surface area contributed by atoms with Gasteiger partial charge in [-0.1, -0.05) is 12.1 Å². The summed E-state index contributed by atoms with van der Waals surface area (Å²) in [4.78, 5) is 12.6. The summed E-state index contributed by atoms with van der Waals surface area (Å²) in [6.07, 6.45) is 0. The van der Waals surface area contributed by atoms with Crippen molar-refractivity contribution in [1.29, 1.82) is 5.26 Å². The van der Waals surface area contributed by atoms with Gasteiger partial charge in [0.05, 0.1) is 16.6 Å². The molecule has 0 atom stereocenters. The zero-order chi connectivity index (χ0) is 15.4. The molecule has 0 aliphatic carbocycles. The second kappa shape index (κ2) is 6.06. The molecule has 0 radical (unpaired) electrons. The molecule has 5 nitrogen and oxygen atoms in total. The summed E-state index contributed by atoms with van der Waals surface area (Å²) in [6, 6.07) is 14.4. The van der Waals surface area contributed by atoms with Crippen LogP contribution < -0.4 is 4.90 Å². The largest absolute Gasteiger partial charge is 0.370 e. The van der Waals surface area contributed by atoms with E-state index < -0.39 is 0 Å². The van der Waals surface area contributed by atoms with Gasteiger partial charge in [0.2, 0.25) is 0 Å². The number of nitro benzene ring substituents is 1. The van der Waals surface area contributed by atoms with Crippen LogP contribution in [0.3, 0.4) is 0 Å². The molecule has 0 N–H and O–H groups in total. The van der Waals surface area contributed by atoms with Crippen LogP contribution in [-0.2, 0) is 6.54 Å². The number of hydrogen-bond donors (Lipinski definition) is 0. The van der Waals surface area contributed by atoms with Gasteiger partial charge in [0.1, 0.15) is 0 Å². The number of anilines is 1. The molecule has 0 saturated heterocycles. The Hall–Kier alpha value is -2.87. The van der Waals surface area contributed by atoms with Crippen molar-refractivity contribution in [3.05, 3.63) is 69.3 Å². The van der Waals surface area contributed by atoms with Crippen molar-refractivity contribution in [2.45, 2.75) is 13.5 Å². The number of nitro groups is 1. The van der Waals surface area contributed by atoms with E-state index in [2.05, 4.69) is 6.07 Å². The number of benzene rings is 2. The van der Waals surface area contributed by atoms with Crippen molar-refractivity contribution < 1.29 is 4.92 Å². The lowest BCUT2D eigenvalue weighted by atomic mass is 10.1. The van der Waals surface area contributed by atoms with Gasteiger partial charge in [-0.25, -0.2) is 0 Å². The Morgan fingerprint density at radius 1 is 1.24 bits per heavy atom. The van der Waals surface area contributed by atoms with E-state index in [9.17, 15) is 10.1 Å². The van der Waals surface area contributed by atoms with Gasteiger partial charge in [-0.2, -0.15) is 5.26 Å². The molecule has 0 fully saturated rings. The van der Waals surface area contributed by atoms with Gasteiger partial charge in [0.15, 0.2) is 0 Å². The summed E-state index contributed by atoms with van der Waals surface area (Å²) in [5, 5.41) is 19.8. The van der Waals surface area contributed by atoms with Gasteiger partial charge < -0.3 is 4.90 Å². The molecule has 0 bridgehead atoms. The van der Waals surface area contributed by atoms with Crippen molar-refractivity contribution in [3.63, 3.8) is 0 Å². The second-order valence-electron chi connectivity index (χ2n) is 4.83. The van der Waals surface area contributed by atoms with Crippen molar-refractivity contribution in [3.8, 4) is 6.07 Å². The van der Waals surface area contributed by atoms with Crippen molar-refractivity contribution >= 4 is 11.4 Å². The Balaban J connectivity index is 2.23. The first-order chi connectivity index (χ1) is 10.0. The maximum absolute atomic E-state index is 11.0. The SMILES string of the molecule is Cc1c(CN(C)c2ccc(C#N)cc2)cccc1[N+](=O)[O-]. The smallest absolute Gasteiger partial charge is 0.272 e. The molecule has 0 saturated carbocycles. The van der Waals surface area contributed by atoms with E-state index in [1.165, 1.54) is 6.07 Å². The molecule has 0 aromatic heterocycles. The zero-order valence-electron chi connectivity index (χ0n) is 11.9. The summed E-state index contributed by atoms with van der Waals surface area (Å²) in [5.41, 5.74) is 3.30. The number of hydrogen-bond acceptors (Lipinski definition) is 4. The first-order valence-corrected chi connectivity index (χ1v) is 6.47. The monoisotopic (exact) mass is 281 g/mol. The third kappa shape index (κ3) is 3.18. The van der Waals surface area contributed by atoms with E-state index in [-0.39, 0.29) is 10.6 Å². The first kappa shape index (κ1) is 14.5. The van der Waals surface area contributed by atoms with Crippen LogP contribution in [0.25, 0.3) is 0 Å². The highest BCUT2D eigenvalue weighted by Crippen LogP contribution is 2.24. The summed E-state index contributed by atoms with van der Waals surface area (Å²) >= 11 is 0. The van der Waals surface area contributed by atoms with Crippen molar-refractivity contribution in [1.82, 2.24) is 0 Å². The zero-order valence-corrected chi connectivity index (χ0v) is 11.9. The van der Waals surface area contributed by atoms with Crippen LogP contribution in [-0.4, -0.2) is 12.0 Å². The summed E-state index contributed by atoms with van der Waals surface area (Å²) in [7, 11) is 1.92. The average Bonchev–Trinajstić information content (AvgIpc) is 2.49. The molecule has 0 amide bonds. The van der Waals surface area contributed by atoms with Crippen LogP contribution in [0, 0.1) is 28.4 Å². The fourth-order valence-corrected chi connectivity index (χ4v) is 2.18. The Morgan fingerprint density at radius 2 is 1.90 bits per heavy atom. The first-order valence-electron chi connectivity index (χ1n) is 6.47. The van der Waals surface area contributed by atoms with E-state index in [4.69, 9.17) is 5.26 Å². The van der Waals surface area contributed by atoms with Crippen LogP contribution in [0.1, 0.15) is 16.7 Å². The second-order valence-corrected chi connectivity index (χ2v) is 4.83. The summed E-state index contributed by atoms with van der Waals surface area (Å²) in [5.74, 6) is 0. The maximum Gasteiger partial charge on any atom is 0.272 e. The lowest BCUT2D eigenvalue weighted by molar-refractivity contribution is -0.385. The standard InChI is InChI=1S/C16H15N3O2/c1-12-14(4-3-5-16(12)19(20)21)11-18(2)15-8-6-13(10-17)7-9-15/h3-9H,11H2,1-2H3. The molecular weight excluding hydrogens is 266 g/mol. The topological polar surface area (TPSA) is 70.2 Å².